The fraction of sp³-hybridized carbons (Fsp3) is 1.00. The first kappa shape index (κ1) is 11.9. The molecule has 0 saturated carbocycles. The lowest BCUT2D eigenvalue weighted by Gasteiger charge is -2.40. The Balaban J connectivity index is 2.38. The Morgan fingerprint density at radius 2 is 2.00 bits per heavy atom. The minimum atomic E-state index is -3.04. The van der Waals surface area contributed by atoms with Gasteiger partial charge < -0.3 is 4.74 Å². The molecule has 1 rings (SSSR count). The van der Waals surface area contributed by atoms with E-state index in [1.165, 1.54) is 7.11 Å². The second kappa shape index (κ2) is 4.59. The lowest BCUT2D eigenvalue weighted by atomic mass is 9.91. The molecule has 5 heteroatoms. The van der Waals surface area contributed by atoms with Crippen LogP contribution in [0.3, 0.4) is 0 Å². The molecule has 0 aliphatic carbocycles. The van der Waals surface area contributed by atoms with Crippen LogP contribution in [-0.2, 0) is 14.8 Å². The van der Waals surface area contributed by atoms with Gasteiger partial charge in [-0.15, -0.1) is 0 Å². The summed E-state index contributed by atoms with van der Waals surface area (Å²) in [6.45, 7) is 5.91. The maximum Gasteiger partial charge on any atom is 0.216 e. The van der Waals surface area contributed by atoms with Crippen molar-refractivity contribution in [2.75, 3.05) is 32.6 Å². The third-order valence-electron chi connectivity index (χ3n) is 2.76. The Labute approximate surface area is 86.3 Å². The average molecular weight is 221 g/mol. The summed E-state index contributed by atoms with van der Waals surface area (Å²) in [4.78, 5) is 0. The van der Waals surface area contributed by atoms with Gasteiger partial charge in [0, 0.05) is 20.2 Å². The summed E-state index contributed by atoms with van der Waals surface area (Å²) in [7, 11) is -1.53. The number of rotatable bonds is 5. The molecule has 1 fully saturated rings. The number of nitrogens with zero attached hydrogens (tertiary/aromatic N) is 1. The predicted molar refractivity (Wildman–Crippen MR) is 55.6 cm³/mol. The summed E-state index contributed by atoms with van der Waals surface area (Å²) in [6.07, 6.45) is 0. The van der Waals surface area contributed by atoms with Crippen molar-refractivity contribution < 1.29 is 13.2 Å². The van der Waals surface area contributed by atoms with Crippen LogP contribution in [0.1, 0.15) is 13.8 Å². The maximum atomic E-state index is 11.6. The molecule has 1 aliphatic heterocycles. The van der Waals surface area contributed by atoms with Gasteiger partial charge in [0.2, 0.25) is 10.0 Å². The Morgan fingerprint density at radius 1 is 1.43 bits per heavy atom. The minimum absolute atomic E-state index is 0.105. The molecular formula is C9H19NO3S. The van der Waals surface area contributed by atoms with E-state index in [9.17, 15) is 8.42 Å². The highest BCUT2D eigenvalue weighted by Gasteiger charge is 2.36. The summed E-state index contributed by atoms with van der Waals surface area (Å²) >= 11 is 0. The monoisotopic (exact) mass is 221 g/mol. The predicted octanol–water partition coefficient (Wildman–Crippen LogP) is 0.550. The van der Waals surface area contributed by atoms with Crippen LogP contribution in [0, 0.1) is 11.8 Å². The molecule has 4 nitrogen and oxygen atoms in total. The highest BCUT2D eigenvalue weighted by atomic mass is 32.2. The van der Waals surface area contributed by atoms with E-state index in [-0.39, 0.29) is 12.4 Å². The number of methoxy groups -OCH3 is 1. The zero-order chi connectivity index (χ0) is 10.8. The lowest BCUT2D eigenvalue weighted by Crippen LogP contribution is -2.52. The quantitative estimate of drug-likeness (QED) is 0.681. The fourth-order valence-corrected chi connectivity index (χ4v) is 2.91. The van der Waals surface area contributed by atoms with Crippen LogP contribution in [0.25, 0.3) is 0 Å². The highest BCUT2D eigenvalue weighted by molar-refractivity contribution is 7.89. The van der Waals surface area contributed by atoms with E-state index in [4.69, 9.17) is 4.74 Å². The highest BCUT2D eigenvalue weighted by Crippen LogP contribution is 2.25. The molecule has 0 atom stereocenters. The SMILES string of the molecule is COCCS(=O)(=O)N1CC(C(C)C)C1. The summed E-state index contributed by atoms with van der Waals surface area (Å²) in [5.41, 5.74) is 0. The van der Waals surface area contributed by atoms with Crippen molar-refractivity contribution in [1.82, 2.24) is 4.31 Å². The molecule has 0 bridgehead atoms. The summed E-state index contributed by atoms with van der Waals surface area (Å²) in [5, 5.41) is 0. The standard InChI is InChI=1S/C9H19NO3S/c1-8(2)9-6-10(7-9)14(11,12)5-4-13-3/h8-9H,4-7H2,1-3H3. The Kier molecular flexibility index (Phi) is 3.92. The largest absolute Gasteiger partial charge is 0.384 e. The van der Waals surface area contributed by atoms with Gasteiger partial charge in [-0.25, -0.2) is 12.7 Å². The molecule has 0 N–H and O–H groups in total. The molecule has 0 aromatic heterocycles. The molecule has 0 unspecified atom stereocenters. The van der Waals surface area contributed by atoms with Gasteiger partial charge in [0.1, 0.15) is 0 Å². The van der Waals surface area contributed by atoms with E-state index in [0.717, 1.165) is 0 Å². The number of hydrogen-bond acceptors (Lipinski definition) is 3. The van der Waals surface area contributed by atoms with Gasteiger partial charge in [-0.3, -0.25) is 0 Å². The van der Waals surface area contributed by atoms with E-state index < -0.39 is 10.0 Å². The van der Waals surface area contributed by atoms with Gasteiger partial charge in [-0.2, -0.15) is 0 Å². The molecule has 1 aliphatic rings. The van der Waals surface area contributed by atoms with E-state index in [1.807, 2.05) is 0 Å². The molecule has 0 spiro atoms. The van der Waals surface area contributed by atoms with Crippen LogP contribution >= 0.6 is 0 Å². The first-order valence-corrected chi connectivity index (χ1v) is 6.55. The van der Waals surface area contributed by atoms with Crippen molar-refractivity contribution in [3.05, 3.63) is 0 Å². The van der Waals surface area contributed by atoms with Gasteiger partial charge in [0.25, 0.3) is 0 Å². The molecule has 0 radical (unpaired) electrons. The zero-order valence-corrected chi connectivity index (χ0v) is 9.88. The Hall–Kier alpha value is -0.130. The summed E-state index contributed by atoms with van der Waals surface area (Å²) < 4.78 is 29.5. The molecule has 0 amide bonds. The molecule has 0 aromatic carbocycles. The Bertz CT molecular complexity index is 268. The first-order valence-electron chi connectivity index (χ1n) is 4.94. The van der Waals surface area contributed by atoms with E-state index in [2.05, 4.69) is 13.8 Å². The minimum Gasteiger partial charge on any atom is -0.384 e. The van der Waals surface area contributed by atoms with Crippen molar-refractivity contribution in [3.63, 3.8) is 0 Å². The third-order valence-corrected chi connectivity index (χ3v) is 4.53. The summed E-state index contributed by atoms with van der Waals surface area (Å²) in [5.74, 6) is 1.21. The number of ether oxygens (including phenoxy) is 1. The topological polar surface area (TPSA) is 46.6 Å². The molecular weight excluding hydrogens is 202 g/mol. The molecule has 0 aromatic rings. The first-order chi connectivity index (χ1) is 6.47. The van der Waals surface area contributed by atoms with Crippen molar-refractivity contribution in [2.45, 2.75) is 13.8 Å². The van der Waals surface area contributed by atoms with Crippen molar-refractivity contribution in [1.29, 1.82) is 0 Å². The van der Waals surface area contributed by atoms with Crippen LogP contribution in [0.4, 0.5) is 0 Å². The molecule has 1 saturated heterocycles. The van der Waals surface area contributed by atoms with Gasteiger partial charge in [0.15, 0.2) is 0 Å². The van der Waals surface area contributed by atoms with E-state index in [1.54, 1.807) is 4.31 Å². The fourth-order valence-electron chi connectivity index (χ4n) is 1.44. The van der Waals surface area contributed by atoms with Gasteiger partial charge in [-0.1, -0.05) is 13.8 Å². The van der Waals surface area contributed by atoms with E-state index >= 15 is 0 Å². The summed E-state index contributed by atoms with van der Waals surface area (Å²) in [6, 6.07) is 0. The van der Waals surface area contributed by atoms with Crippen LogP contribution in [-0.4, -0.2) is 45.3 Å². The molecule has 84 valence electrons. The second-order valence-electron chi connectivity index (χ2n) is 4.13. The average Bonchev–Trinajstić information content (AvgIpc) is 1.96. The zero-order valence-electron chi connectivity index (χ0n) is 9.06. The van der Waals surface area contributed by atoms with Gasteiger partial charge >= 0.3 is 0 Å². The normalized spacial score (nSPS) is 20.0. The molecule has 14 heavy (non-hydrogen) atoms. The van der Waals surface area contributed by atoms with Crippen molar-refractivity contribution in [3.8, 4) is 0 Å². The lowest BCUT2D eigenvalue weighted by molar-refractivity contribution is 0.149. The smallest absolute Gasteiger partial charge is 0.216 e. The van der Waals surface area contributed by atoms with Crippen LogP contribution < -0.4 is 0 Å². The third kappa shape index (κ3) is 2.68. The van der Waals surface area contributed by atoms with Gasteiger partial charge in [-0.05, 0) is 11.8 Å². The second-order valence-corrected chi connectivity index (χ2v) is 6.22. The maximum absolute atomic E-state index is 11.6. The van der Waals surface area contributed by atoms with Crippen LogP contribution in [0.5, 0.6) is 0 Å². The number of sulfonamides is 1. The van der Waals surface area contributed by atoms with Crippen LogP contribution in [0.15, 0.2) is 0 Å². The van der Waals surface area contributed by atoms with Gasteiger partial charge in [0.05, 0.1) is 12.4 Å². The van der Waals surface area contributed by atoms with Crippen molar-refractivity contribution >= 4 is 10.0 Å². The van der Waals surface area contributed by atoms with E-state index in [0.29, 0.717) is 24.9 Å². The number of hydrogen-bond donors (Lipinski definition) is 0. The van der Waals surface area contributed by atoms with Crippen LogP contribution in [0.2, 0.25) is 0 Å². The Morgan fingerprint density at radius 3 is 2.43 bits per heavy atom. The molecule has 1 heterocycles. The van der Waals surface area contributed by atoms with Crippen molar-refractivity contribution in [2.24, 2.45) is 11.8 Å².